The lowest BCUT2D eigenvalue weighted by atomic mass is 10.0. The van der Waals surface area contributed by atoms with Crippen molar-refractivity contribution in [3.8, 4) is 5.75 Å². The van der Waals surface area contributed by atoms with Gasteiger partial charge >= 0.3 is 0 Å². The maximum atomic E-state index is 13.0. The fourth-order valence-electron chi connectivity index (χ4n) is 3.32. The number of rotatable bonds is 6. The normalized spacial score (nSPS) is 11.9. The van der Waals surface area contributed by atoms with E-state index in [-0.39, 0.29) is 11.9 Å². The summed E-state index contributed by atoms with van der Waals surface area (Å²) < 4.78 is 7.10. The predicted molar refractivity (Wildman–Crippen MR) is 116 cm³/mol. The number of carbonyl (C=O) groups is 1. The van der Waals surface area contributed by atoms with Gasteiger partial charge < -0.3 is 10.1 Å². The highest BCUT2D eigenvalue weighted by Crippen LogP contribution is 2.27. The van der Waals surface area contributed by atoms with Gasteiger partial charge in [0.1, 0.15) is 10.9 Å². The molecule has 1 N–H and O–H groups in total. The molecule has 1 aromatic heterocycles. The molecule has 5 nitrogen and oxygen atoms in total. The van der Waals surface area contributed by atoms with Gasteiger partial charge in [0.05, 0.1) is 31.0 Å². The molecule has 1 atom stereocenters. The molecule has 1 unspecified atom stereocenters. The van der Waals surface area contributed by atoms with E-state index >= 15 is 0 Å². The number of hydrogen-bond acceptors (Lipinski definition) is 3. The second kappa shape index (κ2) is 8.70. The van der Waals surface area contributed by atoms with Crippen LogP contribution in [-0.2, 0) is 6.54 Å². The largest absolute Gasteiger partial charge is 0.496 e. The highest BCUT2D eigenvalue weighted by molar-refractivity contribution is 6.33. The maximum absolute atomic E-state index is 13.0. The minimum Gasteiger partial charge on any atom is -0.496 e. The van der Waals surface area contributed by atoms with E-state index < -0.39 is 0 Å². The third kappa shape index (κ3) is 4.62. The molecule has 0 aliphatic carbocycles. The third-order valence-corrected chi connectivity index (χ3v) is 5.33. The van der Waals surface area contributed by atoms with Crippen molar-refractivity contribution >= 4 is 17.5 Å². The minimum atomic E-state index is -0.251. The average molecular weight is 412 g/mol. The fourth-order valence-corrected chi connectivity index (χ4v) is 3.64. The Morgan fingerprint density at radius 2 is 1.79 bits per heavy atom. The average Bonchev–Trinajstić information content (AvgIpc) is 2.96. The molecular weight excluding hydrogens is 386 g/mol. The molecule has 2 aromatic carbocycles. The predicted octanol–water partition coefficient (Wildman–Crippen LogP) is 5.01. The molecule has 0 radical (unpaired) electrons. The molecule has 1 heterocycles. The third-order valence-electron chi connectivity index (χ3n) is 4.94. The first kappa shape index (κ1) is 20.9. The molecule has 152 valence electrons. The van der Waals surface area contributed by atoms with Gasteiger partial charge in [0.25, 0.3) is 5.91 Å². The van der Waals surface area contributed by atoms with Crippen LogP contribution < -0.4 is 10.1 Å². The monoisotopic (exact) mass is 411 g/mol. The van der Waals surface area contributed by atoms with Crippen LogP contribution in [0.25, 0.3) is 0 Å². The molecule has 0 fully saturated rings. The standard InChI is InChI=1S/C23H26ClN3O2/c1-14-6-9-18(10-7-14)13-27-22(24)21(17(4)26-27)23(28)25-16(3)19-12-15(2)8-11-20(19)29-5/h6-12,16H,13H2,1-5H3,(H,25,28). The summed E-state index contributed by atoms with van der Waals surface area (Å²) in [5.41, 5.74) is 5.28. The van der Waals surface area contributed by atoms with Gasteiger partial charge in [-0.05, 0) is 39.3 Å². The van der Waals surface area contributed by atoms with Crippen molar-refractivity contribution < 1.29 is 9.53 Å². The number of aromatic nitrogens is 2. The first-order valence-corrected chi connectivity index (χ1v) is 9.91. The van der Waals surface area contributed by atoms with Crippen LogP contribution in [0, 0.1) is 20.8 Å². The van der Waals surface area contributed by atoms with E-state index in [2.05, 4.69) is 10.4 Å². The Morgan fingerprint density at radius 1 is 1.14 bits per heavy atom. The lowest BCUT2D eigenvalue weighted by Crippen LogP contribution is -2.27. The van der Waals surface area contributed by atoms with Crippen LogP contribution in [0.5, 0.6) is 5.75 Å². The highest BCUT2D eigenvalue weighted by Gasteiger charge is 2.23. The molecule has 1 amide bonds. The zero-order valence-electron chi connectivity index (χ0n) is 17.4. The van der Waals surface area contributed by atoms with Gasteiger partial charge in [-0.1, -0.05) is 59.1 Å². The molecule has 3 rings (SSSR count). The molecule has 0 bridgehead atoms. The Hall–Kier alpha value is -2.79. The number of aryl methyl sites for hydroxylation is 3. The van der Waals surface area contributed by atoms with E-state index in [9.17, 15) is 4.79 Å². The number of nitrogens with zero attached hydrogens (tertiary/aromatic N) is 2. The summed E-state index contributed by atoms with van der Waals surface area (Å²) in [4.78, 5) is 13.0. The van der Waals surface area contributed by atoms with Crippen molar-refractivity contribution in [3.63, 3.8) is 0 Å². The van der Waals surface area contributed by atoms with Gasteiger partial charge in [-0.25, -0.2) is 4.68 Å². The van der Waals surface area contributed by atoms with E-state index in [4.69, 9.17) is 16.3 Å². The van der Waals surface area contributed by atoms with Gasteiger partial charge in [0, 0.05) is 5.56 Å². The number of hydrogen-bond donors (Lipinski definition) is 1. The number of carbonyl (C=O) groups excluding carboxylic acids is 1. The van der Waals surface area contributed by atoms with Crippen molar-refractivity contribution in [1.82, 2.24) is 15.1 Å². The first-order chi connectivity index (χ1) is 13.8. The molecule has 29 heavy (non-hydrogen) atoms. The smallest absolute Gasteiger partial charge is 0.256 e. The summed E-state index contributed by atoms with van der Waals surface area (Å²) in [7, 11) is 1.62. The van der Waals surface area contributed by atoms with Crippen LogP contribution in [0.3, 0.4) is 0 Å². The van der Waals surface area contributed by atoms with Crippen LogP contribution in [0.15, 0.2) is 42.5 Å². The minimum absolute atomic E-state index is 0.242. The summed E-state index contributed by atoms with van der Waals surface area (Å²) in [5, 5.41) is 7.84. The van der Waals surface area contributed by atoms with E-state index in [0.29, 0.717) is 23.0 Å². The lowest BCUT2D eigenvalue weighted by molar-refractivity contribution is 0.0939. The Balaban J connectivity index is 1.82. The number of nitrogens with one attached hydrogen (secondary N) is 1. The Kier molecular flexibility index (Phi) is 6.28. The van der Waals surface area contributed by atoms with Crippen LogP contribution >= 0.6 is 11.6 Å². The number of amides is 1. The second-order valence-electron chi connectivity index (χ2n) is 7.34. The zero-order chi connectivity index (χ0) is 21.1. The molecule has 0 spiro atoms. The van der Waals surface area contributed by atoms with Crippen molar-refractivity contribution in [2.24, 2.45) is 0 Å². The number of ether oxygens (including phenoxy) is 1. The van der Waals surface area contributed by atoms with Crippen LogP contribution in [0.2, 0.25) is 5.15 Å². The topological polar surface area (TPSA) is 56.1 Å². The Morgan fingerprint density at radius 3 is 2.45 bits per heavy atom. The van der Waals surface area contributed by atoms with Crippen LogP contribution in [0.4, 0.5) is 0 Å². The van der Waals surface area contributed by atoms with E-state index in [1.807, 2.05) is 63.2 Å². The molecular formula is C23H26ClN3O2. The van der Waals surface area contributed by atoms with Gasteiger partial charge in [-0.15, -0.1) is 0 Å². The van der Waals surface area contributed by atoms with Crippen molar-refractivity contribution in [2.45, 2.75) is 40.3 Å². The summed E-state index contributed by atoms with van der Waals surface area (Å²) in [6, 6.07) is 13.8. The van der Waals surface area contributed by atoms with Crippen molar-refractivity contribution in [1.29, 1.82) is 0 Å². The number of benzene rings is 2. The lowest BCUT2D eigenvalue weighted by Gasteiger charge is -2.18. The summed E-state index contributed by atoms with van der Waals surface area (Å²) in [6.45, 7) is 8.28. The molecule has 6 heteroatoms. The first-order valence-electron chi connectivity index (χ1n) is 9.54. The van der Waals surface area contributed by atoms with Gasteiger partial charge in [-0.2, -0.15) is 5.10 Å². The molecule has 0 aliphatic rings. The van der Waals surface area contributed by atoms with Crippen molar-refractivity contribution in [3.05, 3.63) is 81.1 Å². The molecule has 0 aliphatic heterocycles. The summed E-state index contributed by atoms with van der Waals surface area (Å²) in [5.74, 6) is 0.486. The van der Waals surface area contributed by atoms with E-state index in [1.54, 1.807) is 18.7 Å². The zero-order valence-corrected chi connectivity index (χ0v) is 18.2. The Bertz CT molecular complexity index is 1030. The highest BCUT2D eigenvalue weighted by atomic mass is 35.5. The maximum Gasteiger partial charge on any atom is 0.256 e. The summed E-state index contributed by atoms with van der Waals surface area (Å²) in [6.07, 6.45) is 0. The quantitative estimate of drug-likeness (QED) is 0.620. The SMILES string of the molecule is COc1ccc(C)cc1C(C)NC(=O)c1c(C)nn(Cc2ccc(C)cc2)c1Cl. The van der Waals surface area contributed by atoms with E-state index in [0.717, 1.165) is 22.4 Å². The number of halogens is 1. The molecule has 0 saturated carbocycles. The number of methoxy groups -OCH3 is 1. The molecule has 0 saturated heterocycles. The Labute approximate surface area is 176 Å². The van der Waals surface area contributed by atoms with Gasteiger partial charge in [-0.3, -0.25) is 4.79 Å². The van der Waals surface area contributed by atoms with Crippen LogP contribution in [0.1, 0.15) is 51.3 Å². The van der Waals surface area contributed by atoms with Crippen molar-refractivity contribution in [2.75, 3.05) is 7.11 Å². The van der Waals surface area contributed by atoms with E-state index in [1.165, 1.54) is 5.56 Å². The van der Waals surface area contributed by atoms with Gasteiger partial charge in [0.15, 0.2) is 0 Å². The fraction of sp³-hybridized carbons (Fsp3) is 0.304. The van der Waals surface area contributed by atoms with Gasteiger partial charge in [0.2, 0.25) is 0 Å². The van der Waals surface area contributed by atoms with Crippen LogP contribution in [-0.4, -0.2) is 22.8 Å². The second-order valence-corrected chi connectivity index (χ2v) is 7.69. The summed E-state index contributed by atoms with van der Waals surface area (Å²) >= 11 is 6.53. The molecule has 3 aromatic rings.